The molecule has 0 atom stereocenters. The quantitative estimate of drug-likeness (QED) is 0.845. The Kier molecular flexibility index (Phi) is 3.78. The first-order chi connectivity index (χ1) is 7.70. The summed E-state index contributed by atoms with van der Waals surface area (Å²) in [7, 11) is 2.17. The molecule has 16 heavy (non-hydrogen) atoms. The zero-order valence-corrected chi connectivity index (χ0v) is 10.9. The van der Waals surface area contributed by atoms with Crippen molar-refractivity contribution in [1.29, 1.82) is 0 Å². The number of likely N-dealkylation sites (N-methyl/N-ethyl adjacent to an activating group) is 1. The van der Waals surface area contributed by atoms with Gasteiger partial charge in [0, 0.05) is 31.1 Å². The maximum absolute atomic E-state index is 5.59. The lowest BCUT2D eigenvalue weighted by molar-refractivity contribution is 0.312. The number of piperazine rings is 1. The SMILES string of the molecule is Cc1nc(N2CCN(C)CC2)sc1CCN. The van der Waals surface area contributed by atoms with Gasteiger partial charge in [-0.25, -0.2) is 4.98 Å². The maximum atomic E-state index is 5.59. The molecule has 2 rings (SSSR count). The number of hydrogen-bond acceptors (Lipinski definition) is 5. The zero-order valence-electron chi connectivity index (χ0n) is 10.1. The molecule has 0 bridgehead atoms. The van der Waals surface area contributed by atoms with Crippen molar-refractivity contribution in [2.75, 3.05) is 44.7 Å². The number of aromatic nitrogens is 1. The molecule has 2 heterocycles. The predicted octanol–water partition coefficient (Wildman–Crippen LogP) is 0.705. The van der Waals surface area contributed by atoms with Crippen LogP contribution in [0, 0.1) is 6.92 Å². The second-order valence-electron chi connectivity index (χ2n) is 4.33. The minimum atomic E-state index is 0.714. The van der Waals surface area contributed by atoms with Gasteiger partial charge >= 0.3 is 0 Å². The fourth-order valence-electron chi connectivity index (χ4n) is 1.91. The largest absolute Gasteiger partial charge is 0.346 e. The van der Waals surface area contributed by atoms with Crippen LogP contribution in [0.2, 0.25) is 0 Å². The van der Waals surface area contributed by atoms with E-state index in [0.717, 1.165) is 38.3 Å². The van der Waals surface area contributed by atoms with Crippen LogP contribution in [0.25, 0.3) is 0 Å². The van der Waals surface area contributed by atoms with Crippen molar-refractivity contribution in [3.8, 4) is 0 Å². The number of hydrogen-bond donors (Lipinski definition) is 1. The van der Waals surface area contributed by atoms with Crippen molar-refractivity contribution in [1.82, 2.24) is 9.88 Å². The zero-order chi connectivity index (χ0) is 11.5. The number of rotatable bonds is 3. The first kappa shape index (κ1) is 11.8. The summed E-state index contributed by atoms with van der Waals surface area (Å²) in [5.74, 6) is 0. The number of anilines is 1. The molecule has 4 nitrogen and oxygen atoms in total. The van der Waals surface area contributed by atoms with Crippen LogP contribution in [-0.2, 0) is 6.42 Å². The molecule has 0 unspecified atom stereocenters. The first-order valence-corrected chi connectivity index (χ1v) is 6.62. The second kappa shape index (κ2) is 5.12. The summed E-state index contributed by atoms with van der Waals surface area (Å²) in [5, 5.41) is 1.18. The van der Waals surface area contributed by atoms with E-state index in [9.17, 15) is 0 Å². The summed E-state index contributed by atoms with van der Waals surface area (Å²) in [6.45, 7) is 7.24. The fraction of sp³-hybridized carbons (Fsp3) is 0.727. The molecule has 1 aliphatic heterocycles. The monoisotopic (exact) mass is 240 g/mol. The van der Waals surface area contributed by atoms with Gasteiger partial charge in [-0.3, -0.25) is 0 Å². The molecule has 0 amide bonds. The summed E-state index contributed by atoms with van der Waals surface area (Å²) >= 11 is 1.81. The highest BCUT2D eigenvalue weighted by molar-refractivity contribution is 7.15. The lowest BCUT2D eigenvalue weighted by Gasteiger charge is -2.32. The van der Waals surface area contributed by atoms with Crippen LogP contribution in [0.15, 0.2) is 0 Å². The molecule has 0 saturated carbocycles. The van der Waals surface area contributed by atoms with Crippen molar-refractivity contribution >= 4 is 16.5 Å². The Morgan fingerprint density at radius 1 is 1.31 bits per heavy atom. The van der Waals surface area contributed by atoms with Gasteiger partial charge in [0.05, 0.1) is 5.69 Å². The van der Waals surface area contributed by atoms with E-state index in [0.29, 0.717) is 6.54 Å². The number of nitrogens with two attached hydrogens (primary N) is 1. The van der Waals surface area contributed by atoms with Gasteiger partial charge in [-0.15, -0.1) is 11.3 Å². The normalized spacial score (nSPS) is 18.1. The van der Waals surface area contributed by atoms with E-state index in [1.165, 1.54) is 10.0 Å². The van der Waals surface area contributed by atoms with Gasteiger partial charge in [0.15, 0.2) is 5.13 Å². The van der Waals surface area contributed by atoms with E-state index in [4.69, 9.17) is 5.73 Å². The summed E-state index contributed by atoms with van der Waals surface area (Å²) in [4.78, 5) is 10.7. The molecule has 0 radical (unpaired) electrons. The van der Waals surface area contributed by atoms with Crippen molar-refractivity contribution in [2.24, 2.45) is 5.73 Å². The van der Waals surface area contributed by atoms with Gasteiger partial charge < -0.3 is 15.5 Å². The van der Waals surface area contributed by atoms with E-state index in [1.54, 1.807) is 0 Å². The highest BCUT2D eigenvalue weighted by atomic mass is 32.1. The van der Waals surface area contributed by atoms with Crippen molar-refractivity contribution < 1.29 is 0 Å². The molecule has 90 valence electrons. The van der Waals surface area contributed by atoms with Gasteiger partial charge in [-0.2, -0.15) is 0 Å². The van der Waals surface area contributed by atoms with Gasteiger partial charge in [-0.1, -0.05) is 0 Å². The smallest absolute Gasteiger partial charge is 0.185 e. The molecule has 1 aliphatic rings. The molecule has 0 spiro atoms. The van der Waals surface area contributed by atoms with Gasteiger partial charge in [0.25, 0.3) is 0 Å². The van der Waals surface area contributed by atoms with Crippen molar-refractivity contribution in [2.45, 2.75) is 13.3 Å². The Bertz CT molecular complexity index is 342. The minimum absolute atomic E-state index is 0.714. The standard InChI is InChI=1S/C11H20N4S/c1-9-10(3-4-12)16-11(13-9)15-7-5-14(2)6-8-15/h3-8,12H2,1-2H3. The number of thiazole rings is 1. The molecular weight excluding hydrogens is 220 g/mol. The van der Waals surface area contributed by atoms with Crippen LogP contribution < -0.4 is 10.6 Å². The van der Waals surface area contributed by atoms with Gasteiger partial charge in [-0.05, 0) is 26.9 Å². The third-order valence-electron chi connectivity index (χ3n) is 3.03. The number of aryl methyl sites for hydroxylation is 1. The molecule has 1 aromatic rings. The van der Waals surface area contributed by atoms with Crippen LogP contribution >= 0.6 is 11.3 Å². The highest BCUT2D eigenvalue weighted by Crippen LogP contribution is 2.26. The Morgan fingerprint density at radius 3 is 2.62 bits per heavy atom. The lowest BCUT2D eigenvalue weighted by Crippen LogP contribution is -2.44. The third-order valence-corrected chi connectivity index (χ3v) is 4.30. The molecule has 1 fully saturated rings. The average Bonchev–Trinajstić information content (AvgIpc) is 2.62. The fourth-order valence-corrected chi connectivity index (χ4v) is 3.04. The molecule has 0 aromatic carbocycles. The summed E-state index contributed by atoms with van der Waals surface area (Å²) in [6, 6.07) is 0. The Labute approximate surface area is 101 Å². The van der Waals surface area contributed by atoms with E-state index < -0.39 is 0 Å². The highest BCUT2D eigenvalue weighted by Gasteiger charge is 2.18. The minimum Gasteiger partial charge on any atom is -0.346 e. The molecule has 0 aliphatic carbocycles. The Balaban J connectivity index is 2.06. The Hall–Kier alpha value is -0.650. The van der Waals surface area contributed by atoms with Gasteiger partial charge in [0.2, 0.25) is 0 Å². The Morgan fingerprint density at radius 2 is 2.00 bits per heavy atom. The first-order valence-electron chi connectivity index (χ1n) is 5.80. The molecule has 1 aromatic heterocycles. The summed E-state index contributed by atoms with van der Waals surface area (Å²) in [6.07, 6.45) is 0.956. The van der Waals surface area contributed by atoms with E-state index in [-0.39, 0.29) is 0 Å². The number of nitrogens with zero attached hydrogens (tertiary/aromatic N) is 3. The van der Waals surface area contributed by atoms with Crippen LogP contribution in [-0.4, -0.2) is 49.7 Å². The average molecular weight is 240 g/mol. The van der Waals surface area contributed by atoms with Crippen LogP contribution in [0.5, 0.6) is 0 Å². The van der Waals surface area contributed by atoms with Crippen molar-refractivity contribution in [3.63, 3.8) is 0 Å². The molecular formula is C11H20N4S. The van der Waals surface area contributed by atoms with Crippen LogP contribution in [0.4, 0.5) is 5.13 Å². The van der Waals surface area contributed by atoms with E-state index in [1.807, 2.05) is 11.3 Å². The van der Waals surface area contributed by atoms with Crippen LogP contribution in [0.1, 0.15) is 10.6 Å². The topological polar surface area (TPSA) is 45.4 Å². The van der Waals surface area contributed by atoms with Crippen LogP contribution in [0.3, 0.4) is 0 Å². The lowest BCUT2D eigenvalue weighted by atomic mass is 10.3. The van der Waals surface area contributed by atoms with E-state index >= 15 is 0 Å². The molecule has 5 heteroatoms. The van der Waals surface area contributed by atoms with Gasteiger partial charge in [0.1, 0.15) is 0 Å². The predicted molar refractivity (Wildman–Crippen MR) is 69.3 cm³/mol. The molecule has 2 N–H and O–H groups in total. The maximum Gasteiger partial charge on any atom is 0.185 e. The second-order valence-corrected chi connectivity index (χ2v) is 5.40. The molecule has 1 saturated heterocycles. The summed E-state index contributed by atoms with van der Waals surface area (Å²) < 4.78 is 0. The van der Waals surface area contributed by atoms with E-state index in [2.05, 4.69) is 28.8 Å². The van der Waals surface area contributed by atoms with Crippen molar-refractivity contribution in [3.05, 3.63) is 10.6 Å². The third kappa shape index (κ3) is 2.53. The summed E-state index contributed by atoms with van der Waals surface area (Å²) in [5.41, 5.74) is 6.75.